The molecule has 1 amide bonds. The number of para-hydroxylation sites is 2. The van der Waals surface area contributed by atoms with Crippen LogP contribution < -0.4 is 5.69 Å². The molecule has 1 fully saturated rings. The van der Waals surface area contributed by atoms with Crippen molar-refractivity contribution < 1.29 is 9.72 Å². The Morgan fingerprint density at radius 3 is 2.62 bits per heavy atom. The van der Waals surface area contributed by atoms with Crippen LogP contribution in [0.15, 0.2) is 29.1 Å². The molecule has 10 nitrogen and oxygen atoms in total. The highest BCUT2D eigenvalue weighted by molar-refractivity contribution is 5.76. The number of rotatable bonds is 4. The second-order valence-electron chi connectivity index (χ2n) is 7.36. The first-order valence-corrected chi connectivity index (χ1v) is 9.52. The minimum Gasteiger partial charge on any atom is -0.341 e. The lowest BCUT2D eigenvalue weighted by Gasteiger charge is -2.32. The third kappa shape index (κ3) is 3.30. The molecule has 0 unspecified atom stereocenters. The van der Waals surface area contributed by atoms with Gasteiger partial charge in [0, 0.05) is 19.1 Å². The first-order chi connectivity index (χ1) is 13.9. The smallest absolute Gasteiger partial charge is 0.326 e. The van der Waals surface area contributed by atoms with Gasteiger partial charge in [-0.1, -0.05) is 12.1 Å². The number of hydrogen-bond donors (Lipinski definition) is 1. The zero-order valence-corrected chi connectivity index (χ0v) is 16.3. The minimum absolute atomic E-state index is 0.0254. The number of nitro groups is 1. The van der Waals surface area contributed by atoms with E-state index < -0.39 is 4.92 Å². The van der Waals surface area contributed by atoms with Crippen molar-refractivity contribution in [1.29, 1.82) is 0 Å². The zero-order chi connectivity index (χ0) is 20.7. The molecular weight excluding hydrogens is 376 g/mol. The molecule has 3 heterocycles. The first-order valence-electron chi connectivity index (χ1n) is 9.52. The van der Waals surface area contributed by atoms with Gasteiger partial charge in [-0.3, -0.25) is 24.2 Å². The number of carbonyl (C=O) groups excluding carboxylic acids is 1. The number of carbonyl (C=O) groups is 1. The molecule has 1 aromatic carbocycles. The van der Waals surface area contributed by atoms with Crippen LogP contribution in [0, 0.1) is 24.0 Å². The Morgan fingerprint density at radius 2 is 1.97 bits per heavy atom. The molecule has 0 saturated carbocycles. The number of aromatic amines is 1. The molecule has 0 spiro atoms. The van der Waals surface area contributed by atoms with Gasteiger partial charge in [-0.05, 0) is 38.8 Å². The maximum Gasteiger partial charge on any atom is 0.326 e. The molecule has 2 aromatic heterocycles. The Hall–Kier alpha value is -3.43. The third-order valence-corrected chi connectivity index (χ3v) is 5.62. The fourth-order valence-electron chi connectivity index (χ4n) is 4.14. The summed E-state index contributed by atoms with van der Waals surface area (Å²) < 4.78 is 3.17. The number of piperidine rings is 1. The summed E-state index contributed by atoms with van der Waals surface area (Å²) in [7, 11) is 0. The van der Waals surface area contributed by atoms with Gasteiger partial charge in [0.1, 0.15) is 17.9 Å². The number of hydrogen-bond acceptors (Lipinski definition) is 5. The van der Waals surface area contributed by atoms with Crippen LogP contribution >= 0.6 is 0 Å². The summed E-state index contributed by atoms with van der Waals surface area (Å²) >= 11 is 0. The summed E-state index contributed by atoms with van der Waals surface area (Å²) in [6, 6.07) is 7.60. The first kappa shape index (κ1) is 18.9. The molecule has 4 rings (SSSR count). The molecule has 1 aliphatic rings. The van der Waals surface area contributed by atoms with E-state index in [1.807, 2.05) is 24.3 Å². The fourth-order valence-corrected chi connectivity index (χ4v) is 4.14. The number of amides is 1. The van der Waals surface area contributed by atoms with E-state index >= 15 is 0 Å². The van der Waals surface area contributed by atoms with Crippen LogP contribution in [0.5, 0.6) is 0 Å². The summed E-state index contributed by atoms with van der Waals surface area (Å²) in [5, 5.41) is 15.3. The van der Waals surface area contributed by atoms with Crippen LogP contribution in [0.4, 0.5) is 5.69 Å². The molecule has 10 heteroatoms. The lowest BCUT2D eigenvalue weighted by Crippen LogP contribution is -2.42. The highest BCUT2D eigenvalue weighted by Gasteiger charge is 2.28. The van der Waals surface area contributed by atoms with Gasteiger partial charge in [-0.2, -0.15) is 5.10 Å². The van der Waals surface area contributed by atoms with Gasteiger partial charge in [-0.25, -0.2) is 4.79 Å². The van der Waals surface area contributed by atoms with Crippen molar-refractivity contribution in [2.45, 2.75) is 39.3 Å². The second kappa shape index (κ2) is 7.19. The fraction of sp³-hybridized carbons (Fsp3) is 0.421. The Kier molecular flexibility index (Phi) is 4.69. The molecule has 0 aliphatic carbocycles. The van der Waals surface area contributed by atoms with Gasteiger partial charge in [0.15, 0.2) is 0 Å². The van der Waals surface area contributed by atoms with Crippen molar-refractivity contribution in [3.05, 3.63) is 56.3 Å². The SMILES string of the molecule is Cc1nn(CC(=O)N2CCC(n3c(=O)[nH]c4ccccc43)CC2)c(C)c1[N+](=O)[O-]. The summed E-state index contributed by atoms with van der Waals surface area (Å²) in [6.07, 6.45) is 1.34. The lowest BCUT2D eigenvalue weighted by molar-refractivity contribution is -0.386. The zero-order valence-electron chi connectivity index (χ0n) is 16.3. The third-order valence-electron chi connectivity index (χ3n) is 5.62. The predicted molar refractivity (Wildman–Crippen MR) is 106 cm³/mol. The number of benzene rings is 1. The van der Waals surface area contributed by atoms with E-state index in [1.54, 1.807) is 23.3 Å². The van der Waals surface area contributed by atoms with E-state index in [1.165, 1.54) is 4.68 Å². The highest BCUT2D eigenvalue weighted by Crippen LogP contribution is 2.26. The molecule has 3 aromatic rings. The lowest BCUT2D eigenvalue weighted by atomic mass is 10.0. The molecule has 1 N–H and O–H groups in total. The van der Waals surface area contributed by atoms with Gasteiger partial charge in [-0.15, -0.1) is 0 Å². The van der Waals surface area contributed by atoms with Crippen molar-refractivity contribution in [3.8, 4) is 0 Å². The van der Waals surface area contributed by atoms with Gasteiger partial charge in [0.25, 0.3) is 0 Å². The molecule has 0 atom stereocenters. The highest BCUT2D eigenvalue weighted by atomic mass is 16.6. The maximum absolute atomic E-state index is 12.7. The second-order valence-corrected chi connectivity index (χ2v) is 7.36. The van der Waals surface area contributed by atoms with Crippen LogP contribution in [-0.4, -0.2) is 48.2 Å². The summed E-state index contributed by atoms with van der Waals surface area (Å²) in [5.41, 5.74) is 2.18. The van der Waals surface area contributed by atoms with E-state index in [-0.39, 0.29) is 29.9 Å². The van der Waals surface area contributed by atoms with Crippen molar-refractivity contribution >= 4 is 22.6 Å². The number of nitrogens with zero attached hydrogens (tertiary/aromatic N) is 5. The van der Waals surface area contributed by atoms with Crippen LogP contribution in [0.25, 0.3) is 11.0 Å². The van der Waals surface area contributed by atoms with Crippen LogP contribution in [-0.2, 0) is 11.3 Å². The van der Waals surface area contributed by atoms with E-state index in [0.717, 1.165) is 11.0 Å². The largest absolute Gasteiger partial charge is 0.341 e. The molecule has 29 heavy (non-hydrogen) atoms. The van der Waals surface area contributed by atoms with E-state index in [2.05, 4.69) is 10.1 Å². The van der Waals surface area contributed by atoms with Crippen LogP contribution in [0.2, 0.25) is 0 Å². The van der Waals surface area contributed by atoms with Gasteiger partial charge in [0.2, 0.25) is 5.91 Å². The van der Waals surface area contributed by atoms with Crippen molar-refractivity contribution in [3.63, 3.8) is 0 Å². The molecule has 1 saturated heterocycles. The summed E-state index contributed by atoms with van der Waals surface area (Å²) in [6.45, 7) is 4.18. The Morgan fingerprint density at radius 1 is 1.28 bits per heavy atom. The van der Waals surface area contributed by atoms with E-state index in [0.29, 0.717) is 37.3 Å². The van der Waals surface area contributed by atoms with Gasteiger partial charge >= 0.3 is 11.4 Å². The average Bonchev–Trinajstić information content (AvgIpc) is 3.16. The quantitative estimate of drug-likeness (QED) is 0.532. The normalized spacial score (nSPS) is 15.2. The molecule has 0 radical (unpaired) electrons. The maximum atomic E-state index is 12.7. The number of aryl methyl sites for hydroxylation is 1. The van der Waals surface area contributed by atoms with Crippen LogP contribution in [0.1, 0.15) is 30.3 Å². The number of nitrogens with one attached hydrogen (secondary N) is 1. The van der Waals surface area contributed by atoms with Crippen molar-refractivity contribution in [2.75, 3.05) is 13.1 Å². The van der Waals surface area contributed by atoms with Gasteiger partial charge < -0.3 is 9.88 Å². The summed E-state index contributed by atoms with van der Waals surface area (Å²) in [5.74, 6) is -0.129. The van der Waals surface area contributed by atoms with Crippen LogP contribution in [0.3, 0.4) is 0 Å². The summed E-state index contributed by atoms with van der Waals surface area (Å²) in [4.78, 5) is 40.4. The van der Waals surface area contributed by atoms with E-state index in [4.69, 9.17) is 0 Å². The Bertz CT molecular complexity index is 1150. The minimum atomic E-state index is -0.469. The van der Waals surface area contributed by atoms with Crippen molar-refractivity contribution in [2.24, 2.45) is 0 Å². The molecule has 0 bridgehead atoms. The topological polar surface area (TPSA) is 119 Å². The average molecular weight is 398 g/mol. The Labute approximate surface area is 165 Å². The van der Waals surface area contributed by atoms with Crippen molar-refractivity contribution in [1.82, 2.24) is 24.2 Å². The number of H-pyrrole nitrogens is 1. The predicted octanol–water partition coefficient (Wildman–Crippen LogP) is 1.91. The number of imidazole rings is 1. The van der Waals surface area contributed by atoms with E-state index in [9.17, 15) is 19.7 Å². The number of likely N-dealkylation sites (tertiary alicyclic amines) is 1. The standard InChI is InChI=1S/C19H22N6O4/c1-12-18(25(28)29)13(2)23(21-12)11-17(26)22-9-7-14(8-10-22)24-16-6-4-3-5-15(16)20-19(24)27/h3-6,14H,7-11H2,1-2H3,(H,20,27). The number of fused-ring (bicyclic) bond motifs is 1. The molecular formula is C19H22N6O4. The van der Waals surface area contributed by atoms with Gasteiger partial charge in [0.05, 0.1) is 16.0 Å². The molecule has 1 aliphatic heterocycles. The Balaban J connectivity index is 1.45. The molecule has 152 valence electrons. The number of aromatic nitrogens is 4. The monoisotopic (exact) mass is 398 g/mol.